The Hall–Kier alpha value is -3.19. The van der Waals surface area contributed by atoms with Crippen LogP contribution in [0.3, 0.4) is 0 Å². The summed E-state index contributed by atoms with van der Waals surface area (Å²) in [4.78, 5) is 14.8. The number of hydrogen-bond acceptors (Lipinski definition) is 5. The molecule has 2 heterocycles. The number of anilines is 1. The van der Waals surface area contributed by atoms with E-state index >= 15 is 0 Å². The van der Waals surface area contributed by atoms with Crippen LogP contribution in [0.25, 0.3) is 34.2 Å². The van der Waals surface area contributed by atoms with Crippen LogP contribution in [0.15, 0.2) is 65.7 Å². The first-order valence-corrected chi connectivity index (χ1v) is 9.86. The van der Waals surface area contributed by atoms with Crippen LogP contribution in [-0.2, 0) is 7.05 Å². The molecule has 5 nitrogen and oxygen atoms in total. The molecule has 0 saturated carbocycles. The lowest BCUT2D eigenvalue weighted by molar-refractivity contribution is 0.628. The van der Waals surface area contributed by atoms with Crippen molar-refractivity contribution in [3.05, 3.63) is 66.6 Å². The minimum Gasteiger partial charge on any atom is -0.384 e. The van der Waals surface area contributed by atoms with Crippen molar-refractivity contribution in [3.63, 3.8) is 0 Å². The minimum atomic E-state index is -0.297. The first-order valence-electron chi connectivity index (χ1n) is 8.63. The minimum absolute atomic E-state index is 0.297. The molecule has 0 bridgehead atoms. The molecule has 0 aliphatic carbocycles. The summed E-state index contributed by atoms with van der Waals surface area (Å²) in [6.45, 7) is 0. The molecule has 2 N–H and O–H groups in total. The maximum absolute atomic E-state index is 13.5. The van der Waals surface area contributed by atoms with Crippen molar-refractivity contribution >= 4 is 17.6 Å². The van der Waals surface area contributed by atoms with Crippen LogP contribution in [0.4, 0.5) is 10.2 Å². The Morgan fingerprint density at radius 3 is 2.46 bits per heavy atom. The van der Waals surface area contributed by atoms with Crippen LogP contribution < -0.4 is 5.73 Å². The van der Waals surface area contributed by atoms with Gasteiger partial charge in [-0.25, -0.2) is 19.3 Å². The Kier molecular flexibility index (Phi) is 4.83. The van der Waals surface area contributed by atoms with Gasteiger partial charge in [-0.15, -0.1) is 11.8 Å². The third kappa shape index (κ3) is 3.25. The number of thioether (sulfide) groups is 1. The van der Waals surface area contributed by atoms with E-state index in [1.54, 1.807) is 36.2 Å². The highest BCUT2D eigenvalue weighted by molar-refractivity contribution is 7.98. The van der Waals surface area contributed by atoms with Crippen molar-refractivity contribution in [2.75, 3.05) is 12.0 Å². The lowest BCUT2D eigenvalue weighted by Gasteiger charge is -2.09. The molecular formula is C21H18FN5S. The van der Waals surface area contributed by atoms with Gasteiger partial charge in [-0.1, -0.05) is 18.2 Å². The largest absolute Gasteiger partial charge is 0.384 e. The smallest absolute Gasteiger partial charge is 0.180 e. The molecule has 0 fully saturated rings. The zero-order chi connectivity index (χ0) is 19.7. The van der Waals surface area contributed by atoms with Gasteiger partial charge < -0.3 is 10.3 Å². The standard InChI is InChI=1S/C21H18FN5S/c1-27-19(20-24-12-11-17(23)25-20)18(13-7-9-14(22)10-8-13)26-21(27)15-5-3-4-6-16(15)28-2/h3-12H,1-2H3,(H2,23,24,25). The third-order valence-corrected chi connectivity index (χ3v) is 5.25. The zero-order valence-electron chi connectivity index (χ0n) is 15.4. The molecule has 4 rings (SSSR count). The highest BCUT2D eigenvalue weighted by atomic mass is 32.2. The fourth-order valence-electron chi connectivity index (χ4n) is 3.12. The molecule has 0 radical (unpaired) electrons. The second-order valence-corrected chi connectivity index (χ2v) is 7.05. The van der Waals surface area contributed by atoms with Crippen LogP contribution in [0, 0.1) is 5.82 Å². The van der Waals surface area contributed by atoms with E-state index in [2.05, 4.69) is 16.0 Å². The van der Waals surface area contributed by atoms with Crippen LogP contribution >= 0.6 is 11.8 Å². The molecule has 0 spiro atoms. The molecule has 2 aromatic carbocycles. The molecule has 0 aliphatic rings. The summed E-state index contributed by atoms with van der Waals surface area (Å²) in [5.41, 5.74) is 9.08. The predicted molar refractivity (Wildman–Crippen MR) is 111 cm³/mol. The Labute approximate surface area is 166 Å². The van der Waals surface area contributed by atoms with Gasteiger partial charge in [0.05, 0.1) is 0 Å². The molecule has 4 aromatic rings. The quantitative estimate of drug-likeness (QED) is 0.513. The number of imidazole rings is 1. The monoisotopic (exact) mass is 391 g/mol. The molecule has 7 heteroatoms. The van der Waals surface area contributed by atoms with Crippen molar-refractivity contribution in [1.29, 1.82) is 0 Å². The van der Waals surface area contributed by atoms with Crippen molar-refractivity contribution in [3.8, 4) is 34.2 Å². The Morgan fingerprint density at radius 2 is 1.75 bits per heavy atom. The predicted octanol–water partition coefficient (Wildman–Crippen LogP) is 4.65. The Balaban J connectivity index is 2.00. The fraction of sp³-hybridized carbons (Fsp3) is 0.0952. The van der Waals surface area contributed by atoms with Crippen LogP contribution in [-0.4, -0.2) is 25.8 Å². The summed E-state index contributed by atoms with van der Waals surface area (Å²) in [5.74, 6) is 1.34. The first-order chi connectivity index (χ1) is 13.6. The van der Waals surface area contributed by atoms with Gasteiger partial charge in [-0.05, 0) is 42.7 Å². The van der Waals surface area contributed by atoms with E-state index in [1.807, 2.05) is 36.1 Å². The summed E-state index contributed by atoms with van der Waals surface area (Å²) in [6, 6.07) is 16.0. The number of nitrogens with two attached hydrogens (primary N) is 1. The average Bonchev–Trinajstić information content (AvgIpc) is 3.05. The van der Waals surface area contributed by atoms with Gasteiger partial charge in [0.2, 0.25) is 0 Å². The lowest BCUT2D eigenvalue weighted by atomic mass is 10.1. The number of rotatable bonds is 4. The van der Waals surface area contributed by atoms with Gasteiger partial charge in [0, 0.05) is 29.3 Å². The van der Waals surface area contributed by atoms with Gasteiger partial charge >= 0.3 is 0 Å². The van der Waals surface area contributed by atoms with Crippen LogP contribution in [0.5, 0.6) is 0 Å². The van der Waals surface area contributed by atoms with Crippen LogP contribution in [0.1, 0.15) is 0 Å². The maximum Gasteiger partial charge on any atom is 0.180 e. The number of nitrogens with zero attached hydrogens (tertiary/aromatic N) is 4. The molecule has 0 amide bonds. The van der Waals surface area contributed by atoms with Gasteiger partial charge in [0.25, 0.3) is 0 Å². The average molecular weight is 391 g/mol. The van der Waals surface area contributed by atoms with E-state index in [-0.39, 0.29) is 5.82 Å². The van der Waals surface area contributed by atoms with Gasteiger partial charge in [-0.3, -0.25) is 0 Å². The molecule has 0 atom stereocenters. The first kappa shape index (κ1) is 18.2. The van der Waals surface area contributed by atoms with E-state index in [1.165, 1.54) is 12.1 Å². The molecule has 0 saturated heterocycles. The highest BCUT2D eigenvalue weighted by Crippen LogP contribution is 2.37. The summed E-state index contributed by atoms with van der Waals surface area (Å²) in [7, 11) is 1.92. The molecular weight excluding hydrogens is 373 g/mol. The Morgan fingerprint density at radius 1 is 1.00 bits per heavy atom. The number of halogens is 1. The second-order valence-electron chi connectivity index (χ2n) is 6.20. The maximum atomic E-state index is 13.5. The van der Waals surface area contributed by atoms with Crippen LogP contribution in [0.2, 0.25) is 0 Å². The number of nitrogen functional groups attached to an aromatic ring is 1. The normalized spacial score (nSPS) is 11.0. The molecule has 140 valence electrons. The second kappa shape index (κ2) is 7.44. The van der Waals surface area contributed by atoms with E-state index in [4.69, 9.17) is 10.7 Å². The van der Waals surface area contributed by atoms with E-state index in [9.17, 15) is 4.39 Å². The van der Waals surface area contributed by atoms with Gasteiger partial charge in [0.15, 0.2) is 5.82 Å². The summed E-state index contributed by atoms with van der Waals surface area (Å²) >= 11 is 1.66. The SMILES string of the molecule is CSc1ccccc1-c1nc(-c2ccc(F)cc2)c(-c2nccc(N)n2)n1C. The van der Waals surface area contributed by atoms with Crippen molar-refractivity contribution < 1.29 is 4.39 Å². The lowest BCUT2D eigenvalue weighted by Crippen LogP contribution is -2.01. The molecule has 0 aliphatic heterocycles. The highest BCUT2D eigenvalue weighted by Gasteiger charge is 2.22. The molecule has 0 unspecified atom stereocenters. The number of hydrogen-bond donors (Lipinski definition) is 1. The van der Waals surface area contributed by atoms with Crippen molar-refractivity contribution in [1.82, 2.24) is 19.5 Å². The van der Waals surface area contributed by atoms with Crippen molar-refractivity contribution in [2.24, 2.45) is 7.05 Å². The topological polar surface area (TPSA) is 69.6 Å². The Bertz CT molecular complexity index is 1140. The van der Waals surface area contributed by atoms with E-state index < -0.39 is 0 Å². The third-order valence-electron chi connectivity index (χ3n) is 4.45. The van der Waals surface area contributed by atoms with E-state index in [0.717, 1.165) is 27.5 Å². The van der Waals surface area contributed by atoms with E-state index in [0.29, 0.717) is 17.3 Å². The van der Waals surface area contributed by atoms with Crippen molar-refractivity contribution in [2.45, 2.75) is 4.90 Å². The van der Waals surface area contributed by atoms with Gasteiger partial charge in [-0.2, -0.15) is 0 Å². The van der Waals surface area contributed by atoms with Gasteiger partial charge in [0.1, 0.15) is 28.8 Å². The fourth-order valence-corrected chi connectivity index (χ4v) is 3.71. The molecule has 28 heavy (non-hydrogen) atoms. The number of benzene rings is 2. The summed E-state index contributed by atoms with van der Waals surface area (Å²) < 4.78 is 15.4. The zero-order valence-corrected chi connectivity index (χ0v) is 16.2. The summed E-state index contributed by atoms with van der Waals surface area (Å²) in [5, 5.41) is 0. The summed E-state index contributed by atoms with van der Waals surface area (Å²) in [6.07, 6.45) is 3.65. The molecule has 2 aromatic heterocycles. The number of aromatic nitrogens is 4.